The number of ether oxygens (including phenoxy) is 1. The summed E-state index contributed by atoms with van der Waals surface area (Å²) < 4.78 is 4.77. The van der Waals surface area contributed by atoms with Crippen molar-refractivity contribution in [3.63, 3.8) is 0 Å². The Kier molecular flexibility index (Phi) is 6.49. The topological polar surface area (TPSA) is 41.6 Å². The molecule has 1 heterocycles. The summed E-state index contributed by atoms with van der Waals surface area (Å²) in [5, 5.41) is 3.88. The second kappa shape index (κ2) is 8.14. The summed E-state index contributed by atoms with van der Waals surface area (Å²) in [7, 11) is 1.47. The minimum absolute atomic E-state index is 0.0954. The van der Waals surface area contributed by atoms with Crippen LogP contribution in [0.25, 0.3) is 0 Å². The van der Waals surface area contributed by atoms with Gasteiger partial charge in [0.15, 0.2) is 0 Å². The zero-order chi connectivity index (χ0) is 15.2. The summed E-state index contributed by atoms with van der Waals surface area (Å²) in [5.74, 6) is 1.34. The zero-order valence-corrected chi connectivity index (χ0v) is 13.9. The monoisotopic (exact) mass is 296 g/mol. The molecule has 2 atom stereocenters. The van der Waals surface area contributed by atoms with E-state index in [0.717, 1.165) is 31.6 Å². The van der Waals surface area contributed by atoms with Crippen molar-refractivity contribution >= 4 is 5.97 Å². The summed E-state index contributed by atoms with van der Waals surface area (Å²) in [5.41, 5.74) is 0. The molecule has 1 aliphatic heterocycles. The van der Waals surface area contributed by atoms with Crippen molar-refractivity contribution < 1.29 is 9.53 Å². The molecule has 21 heavy (non-hydrogen) atoms. The van der Waals surface area contributed by atoms with Crippen LogP contribution in [0.4, 0.5) is 0 Å². The average molecular weight is 296 g/mol. The van der Waals surface area contributed by atoms with Gasteiger partial charge in [-0.1, -0.05) is 26.7 Å². The number of rotatable bonds is 6. The molecule has 0 bridgehead atoms. The minimum Gasteiger partial charge on any atom is -0.469 e. The number of methoxy groups -OCH3 is 1. The van der Waals surface area contributed by atoms with Crippen molar-refractivity contribution in [1.82, 2.24) is 10.2 Å². The van der Waals surface area contributed by atoms with E-state index >= 15 is 0 Å². The van der Waals surface area contributed by atoms with Gasteiger partial charge in [-0.15, -0.1) is 0 Å². The molecule has 4 heteroatoms. The second-order valence-electron chi connectivity index (χ2n) is 7.17. The Balaban J connectivity index is 1.86. The van der Waals surface area contributed by atoms with Gasteiger partial charge in [0.2, 0.25) is 0 Å². The molecule has 0 radical (unpaired) electrons. The fraction of sp³-hybridized carbons (Fsp3) is 0.941. The Morgan fingerprint density at radius 3 is 2.57 bits per heavy atom. The Labute approximate surface area is 129 Å². The number of hydrogen-bond acceptors (Lipinski definition) is 4. The van der Waals surface area contributed by atoms with Gasteiger partial charge < -0.3 is 15.0 Å². The van der Waals surface area contributed by atoms with Gasteiger partial charge in [-0.25, -0.2) is 0 Å². The molecule has 2 rings (SSSR count). The second-order valence-corrected chi connectivity index (χ2v) is 7.17. The lowest BCUT2D eigenvalue weighted by atomic mass is 9.85. The third-order valence-corrected chi connectivity index (χ3v) is 5.19. The highest BCUT2D eigenvalue weighted by atomic mass is 16.5. The van der Waals surface area contributed by atoms with Crippen LogP contribution in [0.2, 0.25) is 0 Å². The summed E-state index contributed by atoms with van der Waals surface area (Å²) in [6, 6.07) is 1.32. The van der Waals surface area contributed by atoms with E-state index in [-0.39, 0.29) is 5.97 Å². The van der Waals surface area contributed by atoms with Crippen LogP contribution in [0, 0.1) is 11.8 Å². The Morgan fingerprint density at radius 1 is 1.24 bits per heavy atom. The van der Waals surface area contributed by atoms with Crippen LogP contribution in [-0.4, -0.2) is 49.7 Å². The Hall–Kier alpha value is -0.610. The number of nitrogens with zero attached hydrogens (tertiary/aromatic N) is 1. The largest absolute Gasteiger partial charge is 0.469 e. The maximum absolute atomic E-state index is 11.4. The first-order valence-electron chi connectivity index (χ1n) is 8.63. The van der Waals surface area contributed by atoms with Gasteiger partial charge in [0, 0.05) is 31.7 Å². The molecule has 2 unspecified atom stereocenters. The standard InChI is InChI=1S/C17H32N2O2/c1-13(2)14-10-16(18-15-6-4-5-7-15)12-19(11-14)9-8-17(20)21-3/h13-16,18H,4-12H2,1-3H3. The number of hydrogen-bond donors (Lipinski definition) is 1. The highest BCUT2D eigenvalue weighted by molar-refractivity contribution is 5.69. The van der Waals surface area contributed by atoms with Crippen LogP contribution in [0.5, 0.6) is 0 Å². The van der Waals surface area contributed by atoms with E-state index < -0.39 is 0 Å². The number of likely N-dealkylation sites (tertiary alicyclic amines) is 1. The van der Waals surface area contributed by atoms with Gasteiger partial charge in [0.05, 0.1) is 13.5 Å². The van der Waals surface area contributed by atoms with Crippen molar-refractivity contribution in [2.45, 2.75) is 64.5 Å². The number of carbonyl (C=O) groups is 1. The van der Waals surface area contributed by atoms with Gasteiger partial charge in [-0.05, 0) is 31.1 Å². The highest BCUT2D eigenvalue weighted by Gasteiger charge is 2.30. The maximum atomic E-state index is 11.4. The molecule has 1 saturated heterocycles. The molecule has 2 fully saturated rings. The van der Waals surface area contributed by atoms with E-state index in [4.69, 9.17) is 4.74 Å². The number of carbonyl (C=O) groups excluding carboxylic acids is 1. The normalized spacial score (nSPS) is 28.2. The molecule has 0 spiro atoms. The smallest absolute Gasteiger partial charge is 0.306 e. The van der Waals surface area contributed by atoms with Gasteiger partial charge in [-0.2, -0.15) is 0 Å². The molecular formula is C17H32N2O2. The van der Waals surface area contributed by atoms with Crippen LogP contribution in [0.3, 0.4) is 0 Å². The lowest BCUT2D eigenvalue weighted by molar-refractivity contribution is -0.141. The molecule has 0 amide bonds. The minimum atomic E-state index is -0.0954. The van der Waals surface area contributed by atoms with Crippen molar-refractivity contribution in [3.05, 3.63) is 0 Å². The molecule has 0 aromatic carbocycles. The van der Waals surface area contributed by atoms with Crippen molar-refractivity contribution in [1.29, 1.82) is 0 Å². The summed E-state index contributed by atoms with van der Waals surface area (Å²) >= 11 is 0. The predicted octanol–water partition coefficient (Wildman–Crippen LogP) is 2.43. The number of nitrogens with one attached hydrogen (secondary N) is 1. The van der Waals surface area contributed by atoms with Crippen molar-refractivity contribution in [2.75, 3.05) is 26.7 Å². The van der Waals surface area contributed by atoms with Crippen LogP contribution >= 0.6 is 0 Å². The zero-order valence-electron chi connectivity index (χ0n) is 13.9. The van der Waals surface area contributed by atoms with Gasteiger partial charge in [0.25, 0.3) is 0 Å². The van der Waals surface area contributed by atoms with E-state index in [1.54, 1.807) is 0 Å². The average Bonchev–Trinajstić information content (AvgIpc) is 2.97. The lowest BCUT2D eigenvalue weighted by Crippen LogP contribution is -2.52. The van der Waals surface area contributed by atoms with Gasteiger partial charge in [0.1, 0.15) is 0 Å². The molecule has 0 aromatic rings. The van der Waals surface area contributed by atoms with Crippen LogP contribution < -0.4 is 5.32 Å². The first-order chi connectivity index (χ1) is 10.1. The van der Waals surface area contributed by atoms with E-state index in [2.05, 4.69) is 24.1 Å². The molecule has 2 aliphatic rings. The van der Waals surface area contributed by atoms with E-state index in [1.165, 1.54) is 39.2 Å². The van der Waals surface area contributed by atoms with Crippen LogP contribution in [-0.2, 0) is 9.53 Å². The summed E-state index contributed by atoms with van der Waals surface area (Å²) in [4.78, 5) is 13.8. The van der Waals surface area contributed by atoms with Crippen molar-refractivity contribution in [3.8, 4) is 0 Å². The first kappa shape index (κ1) is 16.8. The Bertz CT molecular complexity index is 325. The molecular weight excluding hydrogens is 264 g/mol. The molecule has 0 aromatic heterocycles. The van der Waals surface area contributed by atoms with Crippen molar-refractivity contribution in [2.24, 2.45) is 11.8 Å². The van der Waals surface area contributed by atoms with Crippen LogP contribution in [0.15, 0.2) is 0 Å². The highest BCUT2D eigenvalue weighted by Crippen LogP contribution is 2.26. The molecule has 1 N–H and O–H groups in total. The number of esters is 1. The quantitative estimate of drug-likeness (QED) is 0.764. The molecule has 122 valence electrons. The molecule has 1 aliphatic carbocycles. The van der Waals surface area contributed by atoms with Gasteiger partial charge >= 0.3 is 5.97 Å². The van der Waals surface area contributed by atoms with Gasteiger partial charge in [-0.3, -0.25) is 4.79 Å². The maximum Gasteiger partial charge on any atom is 0.306 e. The fourth-order valence-corrected chi connectivity index (χ4v) is 3.80. The lowest BCUT2D eigenvalue weighted by Gasteiger charge is -2.40. The van der Waals surface area contributed by atoms with Crippen LogP contribution in [0.1, 0.15) is 52.4 Å². The third kappa shape index (κ3) is 5.26. The predicted molar refractivity (Wildman–Crippen MR) is 85.2 cm³/mol. The van der Waals surface area contributed by atoms with E-state index in [9.17, 15) is 4.79 Å². The summed E-state index contributed by atoms with van der Waals surface area (Å²) in [6.07, 6.45) is 7.23. The third-order valence-electron chi connectivity index (χ3n) is 5.19. The van der Waals surface area contributed by atoms with E-state index in [1.807, 2.05) is 0 Å². The molecule has 1 saturated carbocycles. The Morgan fingerprint density at radius 2 is 1.95 bits per heavy atom. The SMILES string of the molecule is COC(=O)CCN1CC(NC2CCCC2)CC(C(C)C)C1. The fourth-order valence-electron chi connectivity index (χ4n) is 3.80. The summed E-state index contributed by atoms with van der Waals surface area (Å²) in [6.45, 7) is 7.68. The van der Waals surface area contributed by atoms with E-state index in [0.29, 0.717) is 18.4 Å². The number of piperidine rings is 1. The molecule has 4 nitrogen and oxygen atoms in total. The first-order valence-corrected chi connectivity index (χ1v) is 8.63.